The first kappa shape index (κ1) is 20.8. The van der Waals surface area contributed by atoms with Crippen molar-refractivity contribution < 1.29 is 19.1 Å². The Balaban J connectivity index is 1.42. The maximum absolute atomic E-state index is 13.5. The number of fused-ring (bicyclic) bond motifs is 1. The van der Waals surface area contributed by atoms with Crippen molar-refractivity contribution in [2.24, 2.45) is 0 Å². The Morgan fingerprint density at radius 3 is 2.66 bits per heavy atom. The molecule has 3 aliphatic rings. The number of nitrogens with one attached hydrogen (secondary N) is 1. The topological polar surface area (TPSA) is 71.1 Å². The monoisotopic (exact) mass is 435 g/mol. The standard InChI is InChI=1S/C25H29N3O4/c29-23(27-13-5-6-14-27)17-32-22-12-4-2-10-20(22)24-26-21-11-3-1-9-19(21)25(30)28(24)16-18-8-7-15-31-18/h1-4,9-12,18,24,26H,5-8,13-17H2/t18-,24+/m0/s1. The highest BCUT2D eigenvalue weighted by Gasteiger charge is 2.36. The van der Waals surface area contributed by atoms with Crippen molar-refractivity contribution in [3.8, 4) is 5.75 Å². The van der Waals surface area contributed by atoms with Gasteiger partial charge in [0, 0.05) is 37.5 Å². The predicted octanol–water partition coefficient (Wildman–Crippen LogP) is 3.43. The van der Waals surface area contributed by atoms with Gasteiger partial charge >= 0.3 is 0 Å². The minimum atomic E-state index is -0.403. The van der Waals surface area contributed by atoms with Crippen molar-refractivity contribution in [1.29, 1.82) is 0 Å². The number of benzene rings is 2. The van der Waals surface area contributed by atoms with Gasteiger partial charge in [-0.25, -0.2) is 0 Å². The van der Waals surface area contributed by atoms with Crippen LogP contribution in [0.25, 0.3) is 0 Å². The zero-order valence-corrected chi connectivity index (χ0v) is 18.2. The lowest BCUT2D eigenvalue weighted by Gasteiger charge is -2.39. The fourth-order valence-corrected chi connectivity index (χ4v) is 4.77. The van der Waals surface area contributed by atoms with Crippen LogP contribution in [0.5, 0.6) is 5.75 Å². The summed E-state index contributed by atoms with van der Waals surface area (Å²) in [6.45, 7) is 2.84. The molecule has 0 bridgehead atoms. The highest BCUT2D eigenvalue weighted by molar-refractivity contribution is 6.01. The Morgan fingerprint density at radius 2 is 1.84 bits per heavy atom. The van der Waals surface area contributed by atoms with Gasteiger partial charge in [0.05, 0.1) is 11.7 Å². The largest absolute Gasteiger partial charge is 0.483 e. The molecule has 2 saturated heterocycles. The predicted molar refractivity (Wildman–Crippen MR) is 121 cm³/mol. The number of ether oxygens (including phenoxy) is 2. The van der Waals surface area contributed by atoms with Gasteiger partial charge in [0.15, 0.2) is 6.61 Å². The van der Waals surface area contributed by atoms with Gasteiger partial charge in [-0.1, -0.05) is 30.3 Å². The average molecular weight is 436 g/mol. The van der Waals surface area contributed by atoms with E-state index in [1.54, 1.807) is 0 Å². The number of rotatable bonds is 6. The fraction of sp³-hybridized carbons (Fsp3) is 0.440. The van der Waals surface area contributed by atoms with E-state index in [-0.39, 0.29) is 24.5 Å². The van der Waals surface area contributed by atoms with Gasteiger partial charge in [-0.2, -0.15) is 0 Å². The van der Waals surface area contributed by atoms with Crippen molar-refractivity contribution in [3.05, 3.63) is 59.7 Å². The summed E-state index contributed by atoms with van der Waals surface area (Å²) < 4.78 is 11.8. The van der Waals surface area contributed by atoms with Crippen LogP contribution in [0.3, 0.4) is 0 Å². The lowest BCUT2D eigenvalue weighted by atomic mass is 10.0. The van der Waals surface area contributed by atoms with Gasteiger partial charge in [-0.15, -0.1) is 0 Å². The lowest BCUT2D eigenvalue weighted by Crippen LogP contribution is -2.46. The van der Waals surface area contributed by atoms with E-state index in [0.717, 1.165) is 56.6 Å². The van der Waals surface area contributed by atoms with Crippen molar-refractivity contribution in [2.75, 3.05) is 38.2 Å². The molecule has 3 aliphatic heterocycles. The second-order valence-electron chi connectivity index (χ2n) is 8.60. The molecule has 0 aromatic heterocycles. The molecule has 168 valence electrons. The molecular formula is C25H29N3O4. The molecule has 0 radical (unpaired) electrons. The zero-order valence-electron chi connectivity index (χ0n) is 18.2. The summed E-state index contributed by atoms with van der Waals surface area (Å²) in [4.78, 5) is 29.7. The summed E-state index contributed by atoms with van der Waals surface area (Å²) in [5.74, 6) is 0.594. The van der Waals surface area contributed by atoms with Crippen LogP contribution in [0.1, 0.15) is 47.8 Å². The van der Waals surface area contributed by atoms with Crippen molar-refractivity contribution in [3.63, 3.8) is 0 Å². The Morgan fingerprint density at radius 1 is 1.06 bits per heavy atom. The van der Waals surface area contributed by atoms with Crippen LogP contribution in [0.2, 0.25) is 0 Å². The summed E-state index contributed by atoms with van der Waals surface area (Å²) in [7, 11) is 0. The molecule has 0 saturated carbocycles. The van der Waals surface area contributed by atoms with Gasteiger partial charge in [0.25, 0.3) is 11.8 Å². The molecule has 0 unspecified atom stereocenters. The van der Waals surface area contributed by atoms with E-state index in [9.17, 15) is 9.59 Å². The number of amides is 2. The molecule has 2 amide bonds. The first-order valence-corrected chi connectivity index (χ1v) is 11.5. The van der Waals surface area contributed by atoms with Gasteiger partial charge in [0.2, 0.25) is 0 Å². The smallest absolute Gasteiger partial charge is 0.260 e. The molecule has 1 N–H and O–H groups in total. The number of nitrogens with zero attached hydrogens (tertiary/aromatic N) is 2. The molecule has 2 aromatic carbocycles. The van der Waals surface area contributed by atoms with Crippen LogP contribution < -0.4 is 10.1 Å². The van der Waals surface area contributed by atoms with Gasteiger partial charge in [-0.05, 0) is 43.9 Å². The third-order valence-electron chi connectivity index (χ3n) is 6.47. The zero-order chi connectivity index (χ0) is 21.9. The van der Waals surface area contributed by atoms with Crippen LogP contribution >= 0.6 is 0 Å². The Kier molecular flexibility index (Phi) is 5.99. The Bertz CT molecular complexity index is 983. The molecule has 5 rings (SSSR count). The second kappa shape index (κ2) is 9.20. The van der Waals surface area contributed by atoms with Gasteiger partial charge < -0.3 is 24.6 Å². The fourth-order valence-electron chi connectivity index (χ4n) is 4.77. The van der Waals surface area contributed by atoms with E-state index in [1.165, 1.54) is 0 Å². The minimum Gasteiger partial charge on any atom is -0.483 e. The van der Waals surface area contributed by atoms with Gasteiger partial charge in [0.1, 0.15) is 11.9 Å². The molecule has 7 heteroatoms. The normalized spacial score (nSPS) is 22.6. The van der Waals surface area contributed by atoms with Gasteiger partial charge in [-0.3, -0.25) is 9.59 Å². The average Bonchev–Trinajstić information content (AvgIpc) is 3.54. The first-order chi connectivity index (χ1) is 15.7. The number of carbonyl (C=O) groups excluding carboxylic acids is 2. The SMILES string of the molecule is O=C(COc1ccccc1[C@@H]1Nc2ccccc2C(=O)N1C[C@@H]1CCCO1)N1CCCC1. The Hall–Kier alpha value is -3.06. The van der Waals surface area contributed by atoms with E-state index in [4.69, 9.17) is 9.47 Å². The highest BCUT2D eigenvalue weighted by atomic mass is 16.5. The quantitative estimate of drug-likeness (QED) is 0.753. The third kappa shape index (κ3) is 4.17. The van der Waals surface area contributed by atoms with E-state index in [1.807, 2.05) is 58.3 Å². The maximum Gasteiger partial charge on any atom is 0.260 e. The maximum atomic E-state index is 13.5. The van der Waals surface area contributed by atoms with E-state index in [0.29, 0.717) is 17.9 Å². The molecule has 3 heterocycles. The lowest BCUT2D eigenvalue weighted by molar-refractivity contribution is -0.132. The molecule has 0 aliphatic carbocycles. The number of likely N-dealkylation sites (tertiary alicyclic amines) is 1. The first-order valence-electron chi connectivity index (χ1n) is 11.5. The Labute approximate surface area is 188 Å². The number of carbonyl (C=O) groups is 2. The van der Waals surface area contributed by atoms with E-state index in [2.05, 4.69) is 5.32 Å². The van der Waals surface area contributed by atoms with Crippen LogP contribution in [0, 0.1) is 0 Å². The molecular weight excluding hydrogens is 406 g/mol. The van der Waals surface area contributed by atoms with E-state index >= 15 is 0 Å². The highest BCUT2D eigenvalue weighted by Crippen LogP contribution is 2.37. The minimum absolute atomic E-state index is 0.00000283. The third-order valence-corrected chi connectivity index (χ3v) is 6.47. The number of anilines is 1. The number of hydrogen-bond donors (Lipinski definition) is 1. The van der Waals surface area contributed by atoms with Crippen LogP contribution in [-0.2, 0) is 9.53 Å². The van der Waals surface area contributed by atoms with Crippen LogP contribution in [0.4, 0.5) is 5.69 Å². The van der Waals surface area contributed by atoms with Crippen molar-refractivity contribution in [1.82, 2.24) is 9.80 Å². The van der Waals surface area contributed by atoms with E-state index < -0.39 is 6.17 Å². The van der Waals surface area contributed by atoms with Crippen molar-refractivity contribution in [2.45, 2.75) is 38.0 Å². The molecule has 2 fully saturated rings. The summed E-state index contributed by atoms with van der Waals surface area (Å²) >= 11 is 0. The second-order valence-corrected chi connectivity index (χ2v) is 8.60. The molecule has 2 aromatic rings. The van der Waals surface area contributed by atoms with Crippen molar-refractivity contribution >= 4 is 17.5 Å². The molecule has 0 spiro atoms. The van der Waals surface area contributed by atoms with Crippen LogP contribution in [-0.4, -0.2) is 60.6 Å². The molecule has 7 nitrogen and oxygen atoms in total. The number of hydrogen-bond acceptors (Lipinski definition) is 5. The summed E-state index contributed by atoms with van der Waals surface area (Å²) in [6, 6.07) is 15.2. The van der Waals surface area contributed by atoms with Crippen LogP contribution in [0.15, 0.2) is 48.5 Å². The molecule has 2 atom stereocenters. The molecule has 32 heavy (non-hydrogen) atoms. The summed E-state index contributed by atoms with van der Waals surface area (Å²) in [6.07, 6.45) is 3.68. The summed E-state index contributed by atoms with van der Waals surface area (Å²) in [5.41, 5.74) is 2.29. The number of para-hydroxylation sites is 2. The summed E-state index contributed by atoms with van der Waals surface area (Å²) in [5, 5.41) is 3.53.